The van der Waals surface area contributed by atoms with Crippen LogP contribution in [0.25, 0.3) is 11.4 Å². The van der Waals surface area contributed by atoms with Crippen LogP contribution in [0, 0.1) is 6.92 Å². The van der Waals surface area contributed by atoms with Crippen LogP contribution in [0.15, 0.2) is 28.8 Å². The van der Waals surface area contributed by atoms with Gasteiger partial charge in [-0.15, -0.1) is 0 Å². The number of nitrogens with one attached hydrogen (secondary N) is 1. The predicted octanol–water partition coefficient (Wildman–Crippen LogP) is 1.32. The molecule has 2 aromatic rings. The smallest absolute Gasteiger partial charge is 0.241 e. The highest BCUT2D eigenvalue weighted by Gasteiger charge is 2.21. The van der Waals surface area contributed by atoms with Gasteiger partial charge in [0.1, 0.15) is 0 Å². The first-order chi connectivity index (χ1) is 13.6. The van der Waals surface area contributed by atoms with Crippen molar-refractivity contribution >= 4 is 5.91 Å². The van der Waals surface area contributed by atoms with E-state index in [2.05, 4.69) is 32.2 Å². The van der Waals surface area contributed by atoms with E-state index in [0.29, 0.717) is 38.0 Å². The number of ether oxygens (including phenoxy) is 1. The number of nitrogens with zero attached hydrogens (tertiary/aromatic N) is 4. The maximum Gasteiger partial charge on any atom is 0.241 e. The highest BCUT2D eigenvalue weighted by molar-refractivity contribution is 5.77. The number of aryl methyl sites for hydroxylation is 1. The van der Waals surface area contributed by atoms with Crippen LogP contribution in [-0.4, -0.2) is 78.8 Å². The van der Waals surface area contributed by atoms with Gasteiger partial charge in [-0.25, -0.2) is 0 Å². The number of carbonyl (C=O) groups excluding carboxylic acids is 1. The minimum absolute atomic E-state index is 0.0733. The molecule has 1 N–H and O–H groups in total. The lowest BCUT2D eigenvalue weighted by molar-refractivity contribution is -0.122. The number of amides is 1. The Bertz CT molecular complexity index is 739. The summed E-state index contributed by atoms with van der Waals surface area (Å²) in [4.78, 5) is 20.9. The van der Waals surface area contributed by atoms with Crippen LogP contribution in [-0.2, 0) is 16.1 Å². The number of carbonyl (C=O) groups is 1. The van der Waals surface area contributed by atoms with Gasteiger partial charge in [0.25, 0.3) is 0 Å². The molecule has 0 unspecified atom stereocenters. The summed E-state index contributed by atoms with van der Waals surface area (Å²) in [6.07, 6.45) is 0.838. The predicted molar refractivity (Wildman–Crippen MR) is 106 cm³/mol. The van der Waals surface area contributed by atoms with Crippen molar-refractivity contribution in [3.05, 3.63) is 35.7 Å². The molecule has 8 nitrogen and oxygen atoms in total. The van der Waals surface area contributed by atoms with Crippen LogP contribution in [0.1, 0.15) is 17.9 Å². The normalized spacial score (nSPS) is 15.6. The Labute approximate surface area is 165 Å². The van der Waals surface area contributed by atoms with Crippen molar-refractivity contribution in [1.29, 1.82) is 0 Å². The SMILES string of the molecule is COCCCNC(=O)CN1CCN(Cc2nc(-c3ccc(C)cc3)no2)CC1. The maximum absolute atomic E-state index is 12.0. The fourth-order valence-electron chi connectivity index (χ4n) is 3.14. The Morgan fingerprint density at radius 1 is 1.18 bits per heavy atom. The van der Waals surface area contributed by atoms with E-state index in [4.69, 9.17) is 9.26 Å². The molecule has 0 saturated carbocycles. The van der Waals surface area contributed by atoms with Crippen LogP contribution in [0.5, 0.6) is 0 Å². The number of rotatable bonds is 9. The van der Waals surface area contributed by atoms with Gasteiger partial charge in [0.15, 0.2) is 0 Å². The summed E-state index contributed by atoms with van der Waals surface area (Å²) < 4.78 is 10.4. The maximum atomic E-state index is 12.0. The molecular weight excluding hydrogens is 358 g/mol. The van der Waals surface area contributed by atoms with E-state index in [0.717, 1.165) is 38.2 Å². The number of aromatic nitrogens is 2. The highest BCUT2D eigenvalue weighted by Crippen LogP contribution is 2.17. The van der Waals surface area contributed by atoms with Gasteiger partial charge in [0.2, 0.25) is 17.6 Å². The van der Waals surface area contributed by atoms with Crippen molar-refractivity contribution < 1.29 is 14.1 Å². The van der Waals surface area contributed by atoms with Gasteiger partial charge < -0.3 is 14.6 Å². The zero-order chi connectivity index (χ0) is 19.8. The summed E-state index contributed by atoms with van der Waals surface area (Å²) in [5, 5.41) is 7.02. The third-order valence-electron chi connectivity index (χ3n) is 4.82. The van der Waals surface area contributed by atoms with E-state index in [9.17, 15) is 4.79 Å². The van der Waals surface area contributed by atoms with Crippen molar-refractivity contribution in [3.63, 3.8) is 0 Å². The van der Waals surface area contributed by atoms with Crippen LogP contribution < -0.4 is 5.32 Å². The summed E-state index contributed by atoms with van der Waals surface area (Å²) in [6.45, 7) is 7.91. The lowest BCUT2D eigenvalue weighted by atomic mass is 10.1. The number of methoxy groups -OCH3 is 1. The second-order valence-electron chi connectivity index (χ2n) is 7.13. The zero-order valence-electron chi connectivity index (χ0n) is 16.7. The van der Waals surface area contributed by atoms with Gasteiger partial charge in [-0.1, -0.05) is 35.0 Å². The van der Waals surface area contributed by atoms with Gasteiger partial charge in [0.05, 0.1) is 13.1 Å². The van der Waals surface area contributed by atoms with E-state index in [1.54, 1.807) is 7.11 Å². The summed E-state index contributed by atoms with van der Waals surface area (Å²) >= 11 is 0. The van der Waals surface area contributed by atoms with Crippen molar-refractivity contribution in [2.45, 2.75) is 19.9 Å². The number of hydrogen-bond acceptors (Lipinski definition) is 7. The number of hydrogen-bond donors (Lipinski definition) is 1. The molecule has 1 aliphatic heterocycles. The lowest BCUT2D eigenvalue weighted by Gasteiger charge is -2.33. The standard InChI is InChI=1S/C20H29N5O3/c1-16-4-6-17(7-5-16)20-22-19(28-23-20)15-25-11-9-24(10-12-25)14-18(26)21-8-3-13-27-2/h4-7H,3,8-15H2,1-2H3,(H,21,26). The molecule has 1 aromatic carbocycles. The highest BCUT2D eigenvalue weighted by atomic mass is 16.5. The van der Waals surface area contributed by atoms with E-state index in [1.165, 1.54) is 5.56 Å². The molecule has 28 heavy (non-hydrogen) atoms. The van der Waals surface area contributed by atoms with E-state index >= 15 is 0 Å². The summed E-state index contributed by atoms with van der Waals surface area (Å²) in [5.74, 6) is 1.32. The summed E-state index contributed by atoms with van der Waals surface area (Å²) in [5.41, 5.74) is 2.16. The third-order valence-corrected chi connectivity index (χ3v) is 4.82. The first-order valence-electron chi connectivity index (χ1n) is 9.74. The number of piperazine rings is 1. The van der Waals surface area contributed by atoms with Gasteiger partial charge >= 0.3 is 0 Å². The molecule has 3 rings (SSSR count). The molecule has 152 valence electrons. The van der Waals surface area contributed by atoms with Crippen molar-refractivity contribution in [1.82, 2.24) is 25.3 Å². The molecule has 0 radical (unpaired) electrons. The minimum Gasteiger partial charge on any atom is -0.385 e. The first-order valence-corrected chi connectivity index (χ1v) is 9.74. The molecule has 8 heteroatoms. The molecule has 0 spiro atoms. The molecule has 1 saturated heterocycles. The molecule has 1 aromatic heterocycles. The summed E-state index contributed by atoms with van der Waals surface area (Å²) in [6, 6.07) is 8.09. The minimum atomic E-state index is 0.0733. The molecule has 1 fully saturated rings. The zero-order valence-corrected chi connectivity index (χ0v) is 16.7. The third kappa shape index (κ3) is 6.12. The lowest BCUT2D eigenvalue weighted by Crippen LogP contribution is -2.49. The fraction of sp³-hybridized carbons (Fsp3) is 0.550. The summed E-state index contributed by atoms with van der Waals surface area (Å²) in [7, 11) is 1.67. The topological polar surface area (TPSA) is 83.7 Å². The van der Waals surface area contributed by atoms with Crippen LogP contribution >= 0.6 is 0 Å². The molecule has 2 heterocycles. The van der Waals surface area contributed by atoms with Gasteiger partial charge in [-0.2, -0.15) is 4.98 Å². The number of benzene rings is 1. The van der Waals surface area contributed by atoms with E-state index in [-0.39, 0.29) is 5.91 Å². The molecule has 1 amide bonds. The van der Waals surface area contributed by atoms with Crippen molar-refractivity contribution in [3.8, 4) is 11.4 Å². The average molecular weight is 387 g/mol. The Morgan fingerprint density at radius 3 is 2.61 bits per heavy atom. The largest absolute Gasteiger partial charge is 0.385 e. The van der Waals surface area contributed by atoms with Crippen LogP contribution in [0.2, 0.25) is 0 Å². The van der Waals surface area contributed by atoms with Gasteiger partial charge in [-0.3, -0.25) is 14.6 Å². The van der Waals surface area contributed by atoms with Crippen molar-refractivity contribution in [2.75, 3.05) is 53.0 Å². The van der Waals surface area contributed by atoms with Crippen molar-refractivity contribution in [2.24, 2.45) is 0 Å². The molecule has 0 aliphatic carbocycles. The monoisotopic (exact) mass is 387 g/mol. The molecule has 1 aliphatic rings. The molecular formula is C20H29N5O3. The van der Waals surface area contributed by atoms with Gasteiger partial charge in [0, 0.05) is 52.0 Å². The molecule has 0 atom stereocenters. The quantitative estimate of drug-likeness (QED) is 0.650. The molecule has 0 bridgehead atoms. The van der Waals surface area contributed by atoms with E-state index in [1.807, 2.05) is 24.3 Å². The Balaban J connectivity index is 1.40. The second kappa shape index (κ2) is 10.3. The Morgan fingerprint density at radius 2 is 1.89 bits per heavy atom. The van der Waals surface area contributed by atoms with Crippen LogP contribution in [0.3, 0.4) is 0 Å². The fourth-order valence-corrected chi connectivity index (χ4v) is 3.14. The van der Waals surface area contributed by atoms with Crippen LogP contribution in [0.4, 0.5) is 0 Å². The Hall–Kier alpha value is -2.29. The second-order valence-corrected chi connectivity index (χ2v) is 7.13. The van der Waals surface area contributed by atoms with Gasteiger partial charge in [-0.05, 0) is 13.3 Å². The Kier molecular flexibility index (Phi) is 7.53. The average Bonchev–Trinajstić information content (AvgIpc) is 3.16. The first kappa shape index (κ1) is 20.4. The van der Waals surface area contributed by atoms with E-state index < -0.39 is 0 Å².